The van der Waals surface area contributed by atoms with Crippen molar-refractivity contribution >= 4 is 11.9 Å². The molecule has 1 aliphatic heterocycles. The van der Waals surface area contributed by atoms with Crippen LogP contribution in [-0.2, 0) is 4.79 Å². The van der Waals surface area contributed by atoms with Crippen molar-refractivity contribution in [2.24, 2.45) is 5.41 Å². The van der Waals surface area contributed by atoms with Gasteiger partial charge in [-0.05, 0) is 56.2 Å². The van der Waals surface area contributed by atoms with Gasteiger partial charge in [-0.15, -0.1) is 0 Å². The molecule has 0 aromatic heterocycles. The van der Waals surface area contributed by atoms with Crippen LogP contribution in [0, 0.1) is 5.41 Å². The number of nitrogens with zero attached hydrogens (tertiary/aromatic N) is 1. The van der Waals surface area contributed by atoms with E-state index in [1.165, 1.54) is 38.5 Å². The van der Waals surface area contributed by atoms with Gasteiger partial charge in [0.1, 0.15) is 0 Å². The number of piperidine rings is 1. The monoisotopic (exact) mass is 375 g/mol. The lowest BCUT2D eigenvalue weighted by molar-refractivity contribution is -0.139. The topological polar surface area (TPSA) is 76.1 Å². The van der Waals surface area contributed by atoms with Gasteiger partial charge in [0.15, 0.2) is 18.1 Å². The molecule has 6 nitrogen and oxygen atoms in total. The molecule has 1 amide bonds. The Labute approximate surface area is 160 Å². The summed E-state index contributed by atoms with van der Waals surface area (Å²) in [6.45, 7) is 3.44. The van der Waals surface area contributed by atoms with Crippen molar-refractivity contribution in [2.45, 2.75) is 51.9 Å². The molecule has 1 heterocycles. The van der Waals surface area contributed by atoms with Gasteiger partial charge in [-0.2, -0.15) is 0 Å². The summed E-state index contributed by atoms with van der Waals surface area (Å²) in [6, 6.07) is 5.00. The smallest absolute Gasteiger partial charge is 0.341 e. The Morgan fingerprint density at radius 2 is 1.81 bits per heavy atom. The summed E-state index contributed by atoms with van der Waals surface area (Å²) in [5.74, 6) is -0.277. The molecule has 1 aliphatic carbocycles. The van der Waals surface area contributed by atoms with Crippen LogP contribution in [0.5, 0.6) is 11.5 Å². The average molecular weight is 375 g/mol. The zero-order chi connectivity index (χ0) is 19.3. The maximum absolute atomic E-state index is 13.1. The molecule has 6 heteroatoms. The summed E-state index contributed by atoms with van der Waals surface area (Å²) in [5, 5.41) is 8.80. The number of hydrogen-bond acceptors (Lipinski definition) is 4. The Hall–Kier alpha value is -2.24. The second-order valence-corrected chi connectivity index (χ2v) is 7.67. The first-order valence-corrected chi connectivity index (χ1v) is 9.94. The molecule has 1 saturated carbocycles. The van der Waals surface area contributed by atoms with Gasteiger partial charge in [0, 0.05) is 18.7 Å². The highest BCUT2D eigenvalue weighted by Gasteiger charge is 2.38. The summed E-state index contributed by atoms with van der Waals surface area (Å²) in [5.41, 5.74) is 0.869. The van der Waals surface area contributed by atoms with E-state index in [0.29, 0.717) is 29.1 Å². The fraction of sp³-hybridized carbons (Fsp3) is 0.619. The summed E-state index contributed by atoms with van der Waals surface area (Å²) in [7, 11) is 0. The fourth-order valence-electron chi connectivity index (χ4n) is 4.44. The van der Waals surface area contributed by atoms with Gasteiger partial charge in [-0.25, -0.2) is 4.79 Å². The maximum Gasteiger partial charge on any atom is 0.341 e. The van der Waals surface area contributed by atoms with Crippen molar-refractivity contribution < 1.29 is 24.2 Å². The molecule has 0 atom stereocenters. The predicted octanol–water partition coefficient (Wildman–Crippen LogP) is 3.74. The van der Waals surface area contributed by atoms with E-state index in [1.807, 2.05) is 11.8 Å². The Morgan fingerprint density at radius 1 is 1.07 bits per heavy atom. The fourth-order valence-corrected chi connectivity index (χ4v) is 4.44. The van der Waals surface area contributed by atoms with Crippen molar-refractivity contribution in [3.8, 4) is 11.5 Å². The number of ether oxygens (including phenoxy) is 2. The quantitative estimate of drug-likeness (QED) is 0.820. The first-order chi connectivity index (χ1) is 13.0. The summed E-state index contributed by atoms with van der Waals surface area (Å²) >= 11 is 0. The number of amides is 1. The highest BCUT2D eigenvalue weighted by Crippen LogP contribution is 2.43. The molecule has 0 bridgehead atoms. The zero-order valence-electron chi connectivity index (χ0n) is 16.0. The average Bonchev–Trinajstić information content (AvgIpc) is 2.67. The minimum atomic E-state index is -1.05. The van der Waals surface area contributed by atoms with Crippen molar-refractivity contribution in [1.82, 2.24) is 4.90 Å². The first-order valence-electron chi connectivity index (χ1n) is 9.94. The highest BCUT2D eigenvalue weighted by molar-refractivity contribution is 5.95. The molecular formula is C21H29NO5. The molecule has 2 fully saturated rings. The van der Waals surface area contributed by atoms with E-state index >= 15 is 0 Å². The summed E-state index contributed by atoms with van der Waals surface area (Å²) in [4.78, 5) is 25.8. The van der Waals surface area contributed by atoms with Gasteiger partial charge in [-0.1, -0.05) is 19.3 Å². The molecule has 1 N–H and O–H groups in total. The summed E-state index contributed by atoms with van der Waals surface area (Å²) < 4.78 is 10.8. The molecule has 1 spiro atoms. The number of rotatable bonds is 6. The van der Waals surface area contributed by atoms with Gasteiger partial charge < -0.3 is 19.5 Å². The van der Waals surface area contributed by atoms with Crippen LogP contribution in [0.1, 0.15) is 62.2 Å². The summed E-state index contributed by atoms with van der Waals surface area (Å²) in [6.07, 6.45) is 8.59. The Bertz CT molecular complexity index is 676. The molecule has 2 aliphatic rings. The van der Waals surface area contributed by atoms with Crippen LogP contribution in [0.3, 0.4) is 0 Å². The normalized spacial score (nSPS) is 18.9. The first kappa shape index (κ1) is 19.5. The van der Waals surface area contributed by atoms with Crippen LogP contribution in [-0.4, -0.2) is 48.2 Å². The number of likely N-dealkylation sites (tertiary alicyclic amines) is 1. The van der Waals surface area contributed by atoms with Gasteiger partial charge in [0.2, 0.25) is 0 Å². The third kappa shape index (κ3) is 4.73. The lowest BCUT2D eigenvalue weighted by atomic mass is 9.69. The van der Waals surface area contributed by atoms with Crippen molar-refractivity contribution in [3.63, 3.8) is 0 Å². The molecule has 0 unspecified atom stereocenters. The number of benzene rings is 1. The second kappa shape index (κ2) is 8.63. The molecule has 27 heavy (non-hydrogen) atoms. The van der Waals surface area contributed by atoms with Crippen LogP contribution in [0.25, 0.3) is 0 Å². The molecular weight excluding hydrogens is 346 g/mol. The SMILES string of the molecule is CCOc1cc(C(=O)N2CCCC3(CCCCC3)C2)ccc1OCC(=O)O. The van der Waals surface area contributed by atoms with Gasteiger partial charge in [0.05, 0.1) is 6.61 Å². The second-order valence-electron chi connectivity index (χ2n) is 7.67. The molecule has 0 radical (unpaired) electrons. The van der Waals surface area contributed by atoms with Crippen LogP contribution >= 0.6 is 0 Å². The van der Waals surface area contributed by atoms with Crippen LogP contribution < -0.4 is 9.47 Å². The lowest BCUT2D eigenvalue weighted by Crippen LogP contribution is -2.46. The van der Waals surface area contributed by atoms with Crippen LogP contribution in [0.2, 0.25) is 0 Å². The molecule has 3 rings (SSSR count). The van der Waals surface area contributed by atoms with Crippen molar-refractivity contribution in [1.29, 1.82) is 0 Å². The number of hydrogen-bond donors (Lipinski definition) is 1. The number of carboxylic acids is 1. The molecule has 1 saturated heterocycles. The van der Waals surface area contributed by atoms with Gasteiger partial charge in [-0.3, -0.25) is 4.79 Å². The number of carbonyl (C=O) groups excluding carboxylic acids is 1. The standard InChI is InChI=1S/C21H29NO5/c1-2-26-18-13-16(7-8-17(18)27-14-19(23)24)20(25)22-12-6-11-21(15-22)9-4-3-5-10-21/h7-8,13H,2-6,9-12,14-15H2,1H3,(H,23,24). The maximum atomic E-state index is 13.1. The Morgan fingerprint density at radius 3 is 2.52 bits per heavy atom. The van der Waals surface area contributed by atoms with Gasteiger partial charge in [0.25, 0.3) is 5.91 Å². The minimum absolute atomic E-state index is 0.0189. The van der Waals surface area contributed by atoms with E-state index < -0.39 is 12.6 Å². The van der Waals surface area contributed by atoms with Gasteiger partial charge >= 0.3 is 5.97 Å². The van der Waals surface area contributed by atoms with E-state index in [-0.39, 0.29) is 5.91 Å². The Kier molecular flexibility index (Phi) is 6.24. The van der Waals surface area contributed by atoms with E-state index in [4.69, 9.17) is 14.6 Å². The lowest BCUT2D eigenvalue weighted by Gasteiger charge is -2.45. The van der Waals surface area contributed by atoms with Crippen molar-refractivity contribution in [2.75, 3.05) is 26.3 Å². The predicted molar refractivity (Wildman–Crippen MR) is 101 cm³/mol. The van der Waals surface area contributed by atoms with E-state index in [2.05, 4.69) is 0 Å². The molecule has 148 valence electrons. The minimum Gasteiger partial charge on any atom is -0.490 e. The Balaban J connectivity index is 1.75. The van der Waals surface area contributed by atoms with Crippen LogP contribution in [0.4, 0.5) is 0 Å². The number of aliphatic carboxylic acids is 1. The van der Waals surface area contributed by atoms with Crippen molar-refractivity contribution in [3.05, 3.63) is 23.8 Å². The molecule has 1 aromatic rings. The third-order valence-electron chi connectivity index (χ3n) is 5.70. The highest BCUT2D eigenvalue weighted by atomic mass is 16.5. The largest absolute Gasteiger partial charge is 0.490 e. The third-order valence-corrected chi connectivity index (χ3v) is 5.70. The van der Waals surface area contributed by atoms with Crippen LogP contribution in [0.15, 0.2) is 18.2 Å². The van der Waals surface area contributed by atoms with E-state index in [1.54, 1.807) is 18.2 Å². The number of carboxylic acid groups (broad SMARTS) is 1. The number of carbonyl (C=O) groups is 2. The van der Waals surface area contributed by atoms with E-state index in [0.717, 1.165) is 19.5 Å². The van der Waals surface area contributed by atoms with E-state index in [9.17, 15) is 9.59 Å². The zero-order valence-corrected chi connectivity index (χ0v) is 16.0. The molecule has 1 aromatic carbocycles.